The van der Waals surface area contributed by atoms with Crippen molar-refractivity contribution in [3.8, 4) is 0 Å². The second kappa shape index (κ2) is 6.86. The summed E-state index contributed by atoms with van der Waals surface area (Å²) in [5, 5.41) is 0. The van der Waals surface area contributed by atoms with E-state index in [0.29, 0.717) is 31.5 Å². The van der Waals surface area contributed by atoms with Crippen LogP contribution in [0, 0.1) is 17.0 Å². The third-order valence-electron chi connectivity index (χ3n) is 5.29. The van der Waals surface area contributed by atoms with Gasteiger partial charge in [-0.05, 0) is 37.0 Å². The number of piperidine rings is 1. The predicted octanol–water partition coefficient (Wildman–Crippen LogP) is 1.59. The lowest BCUT2D eigenvalue weighted by Gasteiger charge is -2.39. The molecule has 0 radical (unpaired) electrons. The fourth-order valence-electron chi connectivity index (χ4n) is 3.80. The zero-order valence-corrected chi connectivity index (χ0v) is 15.7. The molecule has 1 amide bonds. The van der Waals surface area contributed by atoms with Gasteiger partial charge in [0.2, 0.25) is 5.91 Å². The van der Waals surface area contributed by atoms with Crippen molar-refractivity contribution in [1.82, 2.24) is 13.5 Å². The second-order valence-electron chi connectivity index (χ2n) is 7.23. The lowest BCUT2D eigenvalue weighted by Crippen LogP contribution is -2.50. The zero-order chi connectivity index (χ0) is 19.1. The summed E-state index contributed by atoms with van der Waals surface area (Å²) >= 11 is 0. The maximum atomic E-state index is 13.4. The summed E-state index contributed by atoms with van der Waals surface area (Å²) < 4.78 is 53.7. The molecule has 2 saturated heterocycles. The van der Waals surface area contributed by atoms with E-state index in [1.807, 2.05) is 0 Å². The van der Waals surface area contributed by atoms with Crippen LogP contribution in [0.3, 0.4) is 0 Å². The van der Waals surface area contributed by atoms with Crippen LogP contribution in [-0.4, -0.2) is 61.6 Å². The average Bonchev–Trinajstić information content (AvgIpc) is 3.01. The highest BCUT2D eigenvalue weighted by atomic mass is 32.2. The molecule has 1 aromatic carbocycles. The van der Waals surface area contributed by atoms with E-state index in [-0.39, 0.29) is 19.0 Å². The molecule has 1 aromatic rings. The van der Waals surface area contributed by atoms with Crippen LogP contribution in [0.5, 0.6) is 0 Å². The van der Waals surface area contributed by atoms with E-state index < -0.39 is 27.3 Å². The number of hydrogen-bond donors (Lipinski definition) is 0. The van der Waals surface area contributed by atoms with Gasteiger partial charge in [-0.25, -0.2) is 8.78 Å². The molecule has 1 spiro atoms. The first-order chi connectivity index (χ1) is 12.2. The van der Waals surface area contributed by atoms with Crippen LogP contribution in [0.2, 0.25) is 0 Å². The number of benzene rings is 1. The van der Waals surface area contributed by atoms with Crippen LogP contribution in [0.15, 0.2) is 18.2 Å². The maximum Gasteiger partial charge on any atom is 0.281 e. The van der Waals surface area contributed by atoms with Gasteiger partial charge in [-0.1, -0.05) is 6.07 Å². The van der Waals surface area contributed by atoms with E-state index in [4.69, 9.17) is 0 Å². The third-order valence-corrected chi connectivity index (χ3v) is 7.18. The molecule has 6 nitrogen and oxygen atoms in total. The first-order valence-corrected chi connectivity index (χ1v) is 9.96. The molecule has 0 saturated carbocycles. The Morgan fingerprint density at radius 1 is 1.15 bits per heavy atom. The number of hydrogen-bond acceptors (Lipinski definition) is 3. The Morgan fingerprint density at radius 3 is 2.54 bits per heavy atom. The van der Waals surface area contributed by atoms with Gasteiger partial charge in [0.15, 0.2) is 11.6 Å². The molecule has 0 aromatic heterocycles. The molecule has 2 fully saturated rings. The number of likely N-dealkylation sites (tertiary alicyclic amines) is 1. The number of amides is 1. The summed E-state index contributed by atoms with van der Waals surface area (Å²) in [6, 6.07) is 3.61. The minimum atomic E-state index is -3.56. The Hall–Kier alpha value is -1.58. The van der Waals surface area contributed by atoms with E-state index >= 15 is 0 Å². The normalized spacial score (nSPS) is 24.8. The van der Waals surface area contributed by atoms with Crippen molar-refractivity contribution in [1.29, 1.82) is 0 Å². The molecule has 2 heterocycles. The Kier molecular flexibility index (Phi) is 5.06. The molecule has 0 aliphatic carbocycles. The molecule has 2 aliphatic rings. The van der Waals surface area contributed by atoms with Crippen molar-refractivity contribution in [2.45, 2.75) is 25.8 Å². The van der Waals surface area contributed by atoms with Crippen molar-refractivity contribution in [2.75, 3.05) is 33.7 Å². The molecule has 0 bridgehead atoms. The van der Waals surface area contributed by atoms with Crippen molar-refractivity contribution < 1.29 is 22.0 Å². The monoisotopic (exact) mass is 387 g/mol. The lowest BCUT2D eigenvalue weighted by atomic mass is 9.78. The van der Waals surface area contributed by atoms with Gasteiger partial charge in [0, 0.05) is 40.3 Å². The van der Waals surface area contributed by atoms with Gasteiger partial charge in [0.1, 0.15) is 0 Å². The van der Waals surface area contributed by atoms with E-state index in [0.717, 1.165) is 22.9 Å². The van der Waals surface area contributed by atoms with Gasteiger partial charge in [-0.3, -0.25) is 4.79 Å². The molecule has 144 valence electrons. The smallest absolute Gasteiger partial charge is 0.281 e. The van der Waals surface area contributed by atoms with E-state index in [1.165, 1.54) is 24.5 Å². The number of nitrogens with zero attached hydrogens (tertiary/aromatic N) is 3. The molecule has 3 rings (SSSR count). The Bertz CT molecular complexity index is 815. The maximum absolute atomic E-state index is 13.4. The molecule has 1 atom stereocenters. The quantitative estimate of drug-likeness (QED) is 0.788. The van der Waals surface area contributed by atoms with Gasteiger partial charge in [0.05, 0.1) is 5.41 Å². The minimum absolute atomic E-state index is 0.107. The summed E-state index contributed by atoms with van der Waals surface area (Å²) in [5.41, 5.74) is -0.204. The van der Waals surface area contributed by atoms with Crippen LogP contribution >= 0.6 is 0 Å². The van der Waals surface area contributed by atoms with Crippen LogP contribution in [0.25, 0.3) is 0 Å². The van der Waals surface area contributed by atoms with Gasteiger partial charge >= 0.3 is 0 Å². The Morgan fingerprint density at radius 2 is 1.88 bits per heavy atom. The van der Waals surface area contributed by atoms with Crippen molar-refractivity contribution >= 4 is 16.1 Å². The SMILES string of the molecule is CN(C)S(=O)(=O)N1CCC2(CCCN(Cc3ccc(F)c(F)c3)C2=O)C1. The molecule has 2 aliphatic heterocycles. The number of carbonyl (C=O) groups is 1. The molecule has 9 heteroatoms. The minimum Gasteiger partial charge on any atom is -0.338 e. The Balaban J connectivity index is 1.77. The number of carbonyl (C=O) groups excluding carboxylic acids is 1. The Labute approximate surface area is 152 Å². The van der Waals surface area contributed by atoms with Crippen LogP contribution < -0.4 is 0 Å². The van der Waals surface area contributed by atoms with Crippen molar-refractivity contribution in [3.63, 3.8) is 0 Å². The summed E-state index contributed by atoms with van der Waals surface area (Å²) in [7, 11) is -0.616. The number of halogens is 2. The highest BCUT2D eigenvalue weighted by molar-refractivity contribution is 7.86. The van der Waals surface area contributed by atoms with E-state index in [1.54, 1.807) is 4.90 Å². The molecule has 1 unspecified atom stereocenters. The lowest BCUT2D eigenvalue weighted by molar-refractivity contribution is -0.146. The van der Waals surface area contributed by atoms with Crippen molar-refractivity contribution in [3.05, 3.63) is 35.4 Å². The fraction of sp³-hybridized carbons (Fsp3) is 0.588. The van der Waals surface area contributed by atoms with E-state index in [9.17, 15) is 22.0 Å². The van der Waals surface area contributed by atoms with Crippen LogP contribution in [0.1, 0.15) is 24.8 Å². The summed E-state index contributed by atoms with van der Waals surface area (Å²) in [5.74, 6) is -1.97. The topological polar surface area (TPSA) is 60.9 Å². The average molecular weight is 387 g/mol. The third kappa shape index (κ3) is 3.35. The summed E-state index contributed by atoms with van der Waals surface area (Å²) in [4.78, 5) is 14.7. The van der Waals surface area contributed by atoms with Gasteiger partial charge < -0.3 is 4.90 Å². The van der Waals surface area contributed by atoms with Gasteiger partial charge in [-0.15, -0.1) is 0 Å². The second-order valence-corrected chi connectivity index (χ2v) is 9.38. The first kappa shape index (κ1) is 19.2. The first-order valence-electron chi connectivity index (χ1n) is 8.57. The standard InChI is InChI=1S/C17H23F2N3O3S/c1-20(2)26(24,25)22-9-7-17(12-22)6-3-8-21(16(17)23)11-13-4-5-14(18)15(19)10-13/h4-5,10H,3,6-9,11-12H2,1-2H3. The largest absolute Gasteiger partial charge is 0.338 e. The van der Waals surface area contributed by atoms with Gasteiger partial charge in [-0.2, -0.15) is 17.0 Å². The molecule has 26 heavy (non-hydrogen) atoms. The van der Waals surface area contributed by atoms with Crippen LogP contribution in [-0.2, 0) is 21.5 Å². The molecule has 0 N–H and O–H groups in total. The van der Waals surface area contributed by atoms with Crippen LogP contribution in [0.4, 0.5) is 8.78 Å². The van der Waals surface area contributed by atoms with Crippen molar-refractivity contribution in [2.24, 2.45) is 5.41 Å². The molecular formula is C17H23F2N3O3S. The highest BCUT2D eigenvalue weighted by Gasteiger charge is 2.51. The highest BCUT2D eigenvalue weighted by Crippen LogP contribution is 2.41. The zero-order valence-electron chi connectivity index (χ0n) is 14.9. The summed E-state index contributed by atoms with van der Waals surface area (Å²) in [6.07, 6.45) is 1.87. The van der Waals surface area contributed by atoms with E-state index in [2.05, 4.69) is 0 Å². The fourth-order valence-corrected chi connectivity index (χ4v) is 5.00. The number of rotatable bonds is 4. The summed E-state index contributed by atoms with van der Waals surface area (Å²) in [6.45, 7) is 1.20. The van der Waals surface area contributed by atoms with Gasteiger partial charge in [0.25, 0.3) is 10.2 Å². The molecular weight excluding hydrogens is 364 g/mol. The predicted molar refractivity (Wildman–Crippen MR) is 92.2 cm³/mol.